The van der Waals surface area contributed by atoms with Gasteiger partial charge < -0.3 is 4.90 Å². The summed E-state index contributed by atoms with van der Waals surface area (Å²) in [5.74, 6) is 0.425. The first-order valence-electron chi connectivity index (χ1n) is 4.84. The first-order valence-corrected chi connectivity index (χ1v) is 5.38. The molecule has 0 heterocycles. The third-order valence-electron chi connectivity index (χ3n) is 2.12. The maximum Gasteiger partial charge on any atom is 0.229 e. The number of carbonyl (C=O) groups excluding carboxylic acids is 1. The molecule has 14 heavy (non-hydrogen) atoms. The van der Waals surface area contributed by atoms with Crippen molar-refractivity contribution in [1.82, 2.24) is 4.90 Å². The van der Waals surface area contributed by atoms with E-state index in [0.717, 1.165) is 0 Å². The van der Waals surface area contributed by atoms with Crippen molar-refractivity contribution in [3.63, 3.8) is 0 Å². The number of amides is 1. The molecule has 0 saturated heterocycles. The molecule has 3 heteroatoms. The second-order valence-electron chi connectivity index (χ2n) is 4.36. The molecule has 0 fully saturated rings. The van der Waals surface area contributed by atoms with Crippen molar-refractivity contribution in [3.8, 4) is 0 Å². The number of halogens is 1. The van der Waals surface area contributed by atoms with Crippen LogP contribution in [0.2, 0.25) is 0 Å². The fourth-order valence-electron chi connectivity index (χ4n) is 1.11. The zero-order valence-electron chi connectivity index (χ0n) is 9.51. The highest BCUT2D eigenvalue weighted by Crippen LogP contribution is 2.21. The number of carbonyl (C=O) groups is 1. The molecule has 0 saturated carbocycles. The predicted octanol–water partition coefficient (Wildman–Crippen LogP) is 2.67. The Morgan fingerprint density at radius 1 is 1.57 bits per heavy atom. The molecule has 1 amide bonds. The Morgan fingerprint density at radius 3 is 2.36 bits per heavy atom. The molecular weight excluding hydrogens is 198 g/mol. The molecule has 0 N–H and O–H groups in total. The van der Waals surface area contributed by atoms with E-state index in [1.54, 1.807) is 11.0 Å². The van der Waals surface area contributed by atoms with Crippen molar-refractivity contribution < 1.29 is 4.79 Å². The van der Waals surface area contributed by atoms with Gasteiger partial charge in [0.1, 0.15) is 0 Å². The summed E-state index contributed by atoms with van der Waals surface area (Å²) in [7, 11) is 0. The van der Waals surface area contributed by atoms with Gasteiger partial charge in [-0.1, -0.05) is 6.08 Å². The molecule has 0 aromatic rings. The second kappa shape index (κ2) is 5.40. The summed E-state index contributed by atoms with van der Waals surface area (Å²) in [4.78, 5) is 13.8. The van der Waals surface area contributed by atoms with Crippen molar-refractivity contribution in [1.29, 1.82) is 0 Å². The van der Waals surface area contributed by atoms with Gasteiger partial charge in [0.15, 0.2) is 0 Å². The molecule has 0 unspecified atom stereocenters. The van der Waals surface area contributed by atoms with Gasteiger partial charge in [0.25, 0.3) is 0 Å². The van der Waals surface area contributed by atoms with Gasteiger partial charge in [0.2, 0.25) is 5.91 Å². The van der Waals surface area contributed by atoms with Crippen LogP contribution in [0.1, 0.15) is 27.7 Å². The Bertz CT molecular complexity index is 211. The molecule has 0 radical (unpaired) electrons. The van der Waals surface area contributed by atoms with Crippen LogP contribution in [0.3, 0.4) is 0 Å². The second-order valence-corrected chi connectivity index (χ2v) is 4.62. The molecule has 0 rings (SSSR count). The van der Waals surface area contributed by atoms with Crippen LogP contribution in [0, 0.1) is 5.41 Å². The van der Waals surface area contributed by atoms with E-state index in [9.17, 15) is 4.79 Å². The molecule has 2 nitrogen and oxygen atoms in total. The molecule has 0 aliphatic rings. The van der Waals surface area contributed by atoms with Gasteiger partial charge >= 0.3 is 0 Å². The molecule has 0 aromatic carbocycles. The van der Waals surface area contributed by atoms with Crippen LogP contribution in [-0.4, -0.2) is 29.3 Å². The quantitative estimate of drug-likeness (QED) is 0.512. The Labute approximate surface area is 91.9 Å². The fraction of sp³-hybridized carbons (Fsp3) is 0.727. The summed E-state index contributed by atoms with van der Waals surface area (Å²) in [6, 6.07) is 0.183. The van der Waals surface area contributed by atoms with E-state index >= 15 is 0 Å². The molecule has 0 spiro atoms. The number of hydrogen-bond donors (Lipinski definition) is 0. The highest BCUT2D eigenvalue weighted by atomic mass is 35.5. The Hall–Kier alpha value is -0.500. The standard InChI is InChI=1S/C11H20ClNO/c1-6-7-13(9(2)3)10(14)11(4,5)8-12/h6,9H,1,7-8H2,2-5H3. The number of rotatable bonds is 5. The summed E-state index contributed by atoms with van der Waals surface area (Å²) < 4.78 is 0. The average Bonchev–Trinajstić information content (AvgIpc) is 2.12. The summed E-state index contributed by atoms with van der Waals surface area (Å²) in [5, 5.41) is 0. The SMILES string of the molecule is C=CCN(C(=O)C(C)(C)CCl)C(C)C. The maximum atomic E-state index is 12.0. The first-order chi connectivity index (χ1) is 6.36. The van der Waals surface area contributed by atoms with E-state index < -0.39 is 5.41 Å². The van der Waals surface area contributed by atoms with Gasteiger partial charge in [-0.2, -0.15) is 0 Å². The number of hydrogen-bond acceptors (Lipinski definition) is 1. The summed E-state index contributed by atoms with van der Waals surface area (Å²) in [5.41, 5.74) is -0.491. The number of nitrogens with zero attached hydrogens (tertiary/aromatic N) is 1. The monoisotopic (exact) mass is 217 g/mol. The van der Waals surface area contributed by atoms with Gasteiger partial charge in [0.05, 0.1) is 5.41 Å². The van der Waals surface area contributed by atoms with E-state index in [1.807, 2.05) is 27.7 Å². The van der Waals surface area contributed by atoms with Crippen LogP contribution in [0.15, 0.2) is 12.7 Å². The molecule has 82 valence electrons. The van der Waals surface area contributed by atoms with Gasteiger partial charge in [-0.25, -0.2) is 0 Å². The number of alkyl halides is 1. The van der Waals surface area contributed by atoms with Crippen LogP contribution < -0.4 is 0 Å². The molecule has 0 aliphatic carbocycles. The van der Waals surface area contributed by atoms with Crippen molar-refractivity contribution in [3.05, 3.63) is 12.7 Å². The van der Waals surface area contributed by atoms with Crippen LogP contribution in [0.4, 0.5) is 0 Å². The highest BCUT2D eigenvalue weighted by molar-refractivity contribution is 6.19. The van der Waals surface area contributed by atoms with E-state index in [1.165, 1.54) is 0 Å². The van der Waals surface area contributed by atoms with Crippen molar-refractivity contribution in [2.24, 2.45) is 5.41 Å². The zero-order chi connectivity index (χ0) is 11.4. The van der Waals surface area contributed by atoms with Crippen LogP contribution >= 0.6 is 11.6 Å². The lowest BCUT2D eigenvalue weighted by molar-refractivity contribution is -0.140. The first kappa shape index (κ1) is 13.5. The molecule has 0 aromatic heterocycles. The topological polar surface area (TPSA) is 20.3 Å². The van der Waals surface area contributed by atoms with E-state index in [2.05, 4.69) is 6.58 Å². The van der Waals surface area contributed by atoms with Gasteiger partial charge in [-0.15, -0.1) is 18.2 Å². The molecule has 0 atom stereocenters. The van der Waals surface area contributed by atoms with E-state index in [4.69, 9.17) is 11.6 Å². The third-order valence-corrected chi connectivity index (χ3v) is 2.79. The van der Waals surface area contributed by atoms with Gasteiger partial charge in [-0.3, -0.25) is 4.79 Å². The fourth-order valence-corrected chi connectivity index (χ4v) is 1.23. The van der Waals surface area contributed by atoms with Crippen LogP contribution in [0.25, 0.3) is 0 Å². The highest BCUT2D eigenvalue weighted by Gasteiger charge is 2.31. The summed E-state index contributed by atoms with van der Waals surface area (Å²) in [6.45, 7) is 11.9. The zero-order valence-corrected chi connectivity index (χ0v) is 10.3. The lowest BCUT2D eigenvalue weighted by Gasteiger charge is -2.32. The minimum Gasteiger partial charge on any atom is -0.336 e. The largest absolute Gasteiger partial charge is 0.336 e. The van der Waals surface area contributed by atoms with E-state index in [0.29, 0.717) is 12.4 Å². The Morgan fingerprint density at radius 2 is 2.07 bits per heavy atom. The summed E-state index contributed by atoms with van der Waals surface area (Å²) in [6.07, 6.45) is 1.74. The Balaban J connectivity index is 4.67. The maximum absolute atomic E-state index is 12.0. The smallest absolute Gasteiger partial charge is 0.229 e. The predicted molar refractivity (Wildman–Crippen MR) is 61.5 cm³/mol. The molecule has 0 bridgehead atoms. The summed E-state index contributed by atoms with van der Waals surface area (Å²) >= 11 is 5.76. The normalized spacial score (nSPS) is 11.6. The lowest BCUT2D eigenvalue weighted by atomic mass is 9.93. The Kier molecular flexibility index (Phi) is 5.21. The lowest BCUT2D eigenvalue weighted by Crippen LogP contribution is -2.45. The van der Waals surface area contributed by atoms with Crippen molar-refractivity contribution in [2.75, 3.05) is 12.4 Å². The van der Waals surface area contributed by atoms with Gasteiger partial charge in [-0.05, 0) is 27.7 Å². The minimum absolute atomic E-state index is 0.0856. The van der Waals surface area contributed by atoms with E-state index in [-0.39, 0.29) is 11.9 Å². The van der Waals surface area contributed by atoms with Crippen LogP contribution in [0.5, 0.6) is 0 Å². The van der Waals surface area contributed by atoms with Crippen molar-refractivity contribution >= 4 is 17.5 Å². The minimum atomic E-state index is -0.491. The third kappa shape index (κ3) is 3.33. The average molecular weight is 218 g/mol. The van der Waals surface area contributed by atoms with Crippen LogP contribution in [-0.2, 0) is 4.79 Å². The molecular formula is C11H20ClNO. The molecule has 0 aliphatic heterocycles. The van der Waals surface area contributed by atoms with Gasteiger partial charge in [0, 0.05) is 18.5 Å². The van der Waals surface area contributed by atoms with Crippen molar-refractivity contribution in [2.45, 2.75) is 33.7 Å².